The number of hydrogen-bond acceptors (Lipinski definition) is 1. The minimum absolute atomic E-state index is 0.501. The van der Waals surface area contributed by atoms with Gasteiger partial charge in [-0.3, -0.25) is 0 Å². The fourth-order valence-electron chi connectivity index (χ4n) is 2.58. The molecular formula is C10H20S. The van der Waals surface area contributed by atoms with Crippen molar-refractivity contribution in [1.82, 2.24) is 0 Å². The van der Waals surface area contributed by atoms with E-state index in [1.54, 1.807) is 0 Å². The maximum Gasteiger partial charge on any atom is 0.0111 e. The Morgan fingerprint density at radius 3 is 1.64 bits per heavy atom. The lowest BCUT2D eigenvalue weighted by molar-refractivity contribution is 0.374. The van der Waals surface area contributed by atoms with E-state index < -0.39 is 0 Å². The molecule has 0 aromatic rings. The van der Waals surface area contributed by atoms with Crippen LogP contribution in [0.1, 0.15) is 47.5 Å². The topological polar surface area (TPSA) is 0 Å². The predicted octanol–water partition coefficient (Wildman–Crippen LogP) is 3.71. The third-order valence-electron chi connectivity index (χ3n) is 2.23. The van der Waals surface area contributed by atoms with E-state index in [1.807, 2.05) is 0 Å². The van der Waals surface area contributed by atoms with Crippen molar-refractivity contribution >= 4 is 11.8 Å². The Balaban J connectivity index is 2.66. The van der Waals surface area contributed by atoms with Gasteiger partial charge in [-0.1, -0.05) is 34.6 Å². The molecule has 0 atom stereocenters. The molecule has 0 nitrogen and oxygen atoms in total. The molecule has 1 aliphatic heterocycles. The first-order valence-electron chi connectivity index (χ1n) is 4.51. The van der Waals surface area contributed by atoms with E-state index in [0.29, 0.717) is 9.49 Å². The van der Waals surface area contributed by atoms with Crippen LogP contribution in [0.2, 0.25) is 0 Å². The maximum absolute atomic E-state index is 2.38. The summed E-state index contributed by atoms with van der Waals surface area (Å²) in [6.45, 7) is 11.9. The van der Waals surface area contributed by atoms with Crippen LogP contribution in [0.25, 0.3) is 0 Å². The van der Waals surface area contributed by atoms with Gasteiger partial charge < -0.3 is 0 Å². The van der Waals surface area contributed by atoms with E-state index in [2.05, 4.69) is 46.4 Å². The first kappa shape index (κ1) is 9.44. The molecule has 11 heavy (non-hydrogen) atoms. The number of hydrogen-bond donors (Lipinski definition) is 0. The second-order valence-electron chi connectivity index (χ2n) is 5.13. The highest BCUT2D eigenvalue weighted by Gasteiger charge is 2.36. The molecule has 1 aliphatic rings. The quantitative estimate of drug-likeness (QED) is 0.537. The molecule has 66 valence electrons. The Labute approximate surface area is 75.1 Å². The molecule has 1 heteroatoms. The molecule has 0 radical (unpaired) electrons. The van der Waals surface area contributed by atoms with Gasteiger partial charge in [0, 0.05) is 9.49 Å². The van der Waals surface area contributed by atoms with Gasteiger partial charge in [-0.05, 0) is 18.8 Å². The largest absolute Gasteiger partial charge is 0.149 e. The van der Waals surface area contributed by atoms with E-state index in [4.69, 9.17) is 0 Å². The average Bonchev–Trinajstić information content (AvgIpc) is 1.49. The van der Waals surface area contributed by atoms with E-state index in [1.165, 1.54) is 12.8 Å². The molecule has 0 unspecified atom stereocenters. The molecule has 0 aromatic carbocycles. The zero-order valence-corrected chi connectivity index (χ0v) is 9.22. The smallest absolute Gasteiger partial charge is 0.0111 e. The van der Waals surface area contributed by atoms with Gasteiger partial charge in [-0.15, -0.1) is 11.8 Å². The lowest BCUT2D eigenvalue weighted by Gasteiger charge is -2.43. The van der Waals surface area contributed by atoms with Gasteiger partial charge in [0.15, 0.2) is 0 Å². The summed E-state index contributed by atoms with van der Waals surface area (Å²) in [5.74, 6) is 0.904. The summed E-state index contributed by atoms with van der Waals surface area (Å²) in [7, 11) is 0. The van der Waals surface area contributed by atoms with Gasteiger partial charge in [0.2, 0.25) is 0 Å². The fraction of sp³-hybridized carbons (Fsp3) is 1.00. The van der Waals surface area contributed by atoms with E-state index in [0.717, 1.165) is 5.92 Å². The summed E-state index contributed by atoms with van der Waals surface area (Å²) in [6, 6.07) is 0. The van der Waals surface area contributed by atoms with E-state index in [-0.39, 0.29) is 0 Å². The van der Waals surface area contributed by atoms with Crippen LogP contribution < -0.4 is 0 Å². The molecule has 0 amide bonds. The predicted molar refractivity (Wildman–Crippen MR) is 54.1 cm³/mol. The van der Waals surface area contributed by atoms with E-state index in [9.17, 15) is 0 Å². The lowest BCUT2D eigenvalue weighted by Crippen LogP contribution is -2.35. The Bertz CT molecular complexity index is 131. The Morgan fingerprint density at radius 1 is 1.00 bits per heavy atom. The summed E-state index contributed by atoms with van der Waals surface area (Å²) < 4.78 is 1.00. The number of rotatable bonds is 0. The highest BCUT2D eigenvalue weighted by atomic mass is 32.2. The van der Waals surface area contributed by atoms with Crippen molar-refractivity contribution in [2.45, 2.75) is 57.0 Å². The van der Waals surface area contributed by atoms with Crippen molar-refractivity contribution in [3.05, 3.63) is 0 Å². The standard InChI is InChI=1S/C10H20S/c1-8-6-9(2,3)11-10(4,5)7-8/h8H,6-7H2,1-5H3. The third-order valence-corrected chi connectivity index (χ3v) is 3.67. The summed E-state index contributed by atoms with van der Waals surface area (Å²) in [5.41, 5.74) is 0. The van der Waals surface area contributed by atoms with Crippen molar-refractivity contribution in [3.63, 3.8) is 0 Å². The fourth-order valence-corrected chi connectivity index (χ4v) is 4.81. The first-order valence-corrected chi connectivity index (χ1v) is 5.33. The van der Waals surface area contributed by atoms with Crippen LogP contribution in [0.5, 0.6) is 0 Å². The van der Waals surface area contributed by atoms with Crippen LogP contribution in [0.15, 0.2) is 0 Å². The molecule has 0 aromatic heterocycles. The van der Waals surface area contributed by atoms with Crippen molar-refractivity contribution in [2.75, 3.05) is 0 Å². The maximum atomic E-state index is 2.38. The van der Waals surface area contributed by atoms with Crippen LogP contribution in [-0.4, -0.2) is 9.49 Å². The van der Waals surface area contributed by atoms with Gasteiger partial charge >= 0.3 is 0 Å². The van der Waals surface area contributed by atoms with Crippen LogP contribution in [0.3, 0.4) is 0 Å². The summed E-state index contributed by atoms with van der Waals surface area (Å²) in [6.07, 6.45) is 2.75. The molecule has 0 bridgehead atoms. The monoisotopic (exact) mass is 172 g/mol. The van der Waals surface area contributed by atoms with E-state index >= 15 is 0 Å². The molecule has 1 saturated heterocycles. The highest BCUT2D eigenvalue weighted by molar-refractivity contribution is 8.01. The second kappa shape index (κ2) is 2.69. The van der Waals surface area contributed by atoms with Gasteiger partial charge in [-0.25, -0.2) is 0 Å². The zero-order chi connectivity index (χ0) is 8.70. The summed E-state index contributed by atoms with van der Waals surface area (Å²) in [4.78, 5) is 0. The highest BCUT2D eigenvalue weighted by Crippen LogP contribution is 2.49. The van der Waals surface area contributed by atoms with Gasteiger partial charge in [-0.2, -0.15) is 0 Å². The van der Waals surface area contributed by atoms with Crippen LogP contribution in [-0.2, 0) is 0 Å². The Kier molecular flexibility index (Phi) is 2.31. The van der Waals surface area contributed by atoms with Gasteiger partial charge in [0.25, 0.3) is 0 Å². The van der Waals surface area contributed by atoms with Crippen molar-refractivity contribution in [2.24, 2.45) is 5.92 Å². The van der Waals surface area contributed by atoms with Crippen LogP contribution in [0, 0.1) is 5.92 Å². The molecule has 0 aliphatic carbocycles. The number of thioether (sulfide) groups is 1. The van der Waals surface area contributed by atoms with Crippen LogP contribution >= 0.6 is 11.8 Å². The molecule has 0 spiro atoms. The first-order chi connectivity index (χ1) is 4.81. The lowest BCUT2D eigenvalue weighted by atomic mass is 9.89. The summed E-state index contributed by atoms with van der Waals surface area (Å²) in [5, 5.41) is 0. The molecule has 0 saturated carbocycles. The summed E-state index contributed by atoms with van der Waals surface area (Å²) >= 11 is 2.15. The van der Waals surface area contributed by atoms with Gasteiger partial charge in [0.1, 0.15) is 0 Å². The Morgan fingerprint density at radius 2 is 1.36 bits per heavy atom. The third kappa shape index (κ3) is 2.70. The SMILES string of the molecule is CC1CC(C)(C)SC(C)(C)C1. The zero-order valence-electron chi connectivity index (χ0n) is 8.40. The molecule has 1 fully saturated rings. The van der Waals surface area contributed by atoms with Gasteiger partial charge in [0.05, 0.1) is 0 Å². The second-order valence-corrected chi connectivity index (χ2v) is 7.55. The van der Waals surface area contributed by atoms with Crippen molar-refractivity contribution in [3.8, 4) is 0 Å². The molecular weight excluding hydrogens is 152 g/mol. The Hall–Kier alpha value is 0.350. The molecule has 1 rings (SSSR count). The van der Waals surface area contributed by atoms with Crippen LogP contribution in [0.4, 0.5) is 0 Å². The minimum Gasteiger partial charge on any atom is -0.149 e. The molecule has 1 heterocycles. The average molecular weight is 172 g/mol. The normalized spacial score (nSPS) is 30.3. The van der Waals surface area contributed by atoms with Crippen molar-refractivity contribution in [1.29, 1.82) is 0 Å². The minimum atomic E-state index is 0.501. The van der Waals surface area contributed by atoms with Crippen molar-refractivity contribution < 1.29 is 0 Å². The molecule has 0 N–H and O–H groups in total.